The van der Waals surface area contributed by atoms with Crippen LogP contribution in [0.3, 0.4) is 0 Å². The van der Waals surface area contributed by atoms with E-state index in [-0.39, 0.29) is 22.9 Å². The maximum absolute atomic E-state index is 14.3. The minimum absolute atomic E-state index is 0.0575. The van der Waals surface area contributed by atoms with E-state index in [2.05, 4.69) is 32.3 Å². The van der Waals surface area contributed by atoms with E-state index in [1.54, 1.807) is 36.1 Å². The smallest absolute Gasteiger partial charge is 0.267 e. The van der Waals surface area contributed by atoms with Gasteiger partial charge in [-0.2, -0.15) is 5.10 Å². The van der Waals surface area contributed by atoms with Gasteiger partial charge in [0.1, 0.15) is 11.4 Å². The lowest BCUT2D eigenvalue weighted by atomic mass is 10.1. The first-order chi connectivity index (χ1) is 21.1. The van der Waals surface area contributed by atoms with Crippen LogP contribution in [0.25, 0.3) is 22.2 Å². The Morgan fingerprint density at radius 3 is 2.43 bits per heavy atom. The van der Waals surface area contributed by atoms with Crippen molar-refractivity contribution in [1.29, 1.82) is 0 Å². The van der Waals surface area contributed by atoms with Gasteiger partial charge in [0.25, 0.3) is 11.5 Å². The van der Waals surface area contributed by atoms with Crippen LogP contribution in [0, 0.1) is 18.8 Å². The van der Waals surface area contributed by atoms with Gasteiger partial charge in [0.15, 0.2) is 11.5 Å². The van der Waals surface area contributed by atoms with E-state index < -0.39 is 11.9 Å². The number of rotatable bonds is 5. The standard InChI is InChI=1S/C33H31N9O2/c1-19(2)25-16-17-41-31(37-25)28(29(34)39-41)32(43)36-20(3)30-38-26-13-9-10-22(14-15-23-18-35-40(5)21(23)4)27(26)33(44)42(30)24-11-7-6-8-12-24/h6-13,16-20H,1-5H3,(H2,34,39)(H,36,43)/t20-/m1/s1. The van der Waals surface area contributed by atoms with Crippen LogP contribution in [0.5, 0.6) is 0 Å². The van der Waals surface area contributed by atoms with E-state index in [0.717, 1.165) is 17.0 Å². The van der Waals surface area contributed by atoms with E-state index in [0.29, 0.717) is 33.6 Å². The molecule has 0 aliphatic rings. The lowest BCUT2D eigenvalue weighted by molar-refractivity contribution is 0.0940. The molecule has 44 heavy (non-hydrogen) atoms. The van der Waals surface area contributed by atoms with Crippen LogP contribution < -0.4 is 16.6 Å². The summed E-state index contributed by atoms with van der Waals surface area (Å²) < 4.78 is 4.76. The van der Waals surface area contributed by atoms with Gasteiger partial charge in [-0.25, -0.2) is 14.5 Å². The molecule has 0 saturated heterocycles. The Labute approximate surface area is 253 Å². The second-order valence-electron chi connectivity index (χ2n) is 10.9. The summed E-state index contributed by atoms with van der Waals surface area (Å²) in [4.78, 5) is 37.5. The Bertz CT molecular complexity index is 2180. The van der Waals surface area contributed by atoms with Crippen LogP contribution in [-0.2, 0) is 7.05 Å². The van der Waals surface area contributed by atoms with E-state index in [4.69, 9.17) is 10.7 Å². The number of anilines is 1. The van der Waals surface area contributed by atoms with Crippen molar-refractivity contribution < 1.29 is 4.79 Å². The highest BCUT2D eigenvalue weighted by Gasteiger charge is 2.25. The highest BCUT2D eigenvalue weighted by Crippen LogP contribution is 2.23. The third-order valence-corrected chi connectivity index (χ3v) is 7.59. The molecule has 0 fully saturated rings. The van der Waals surface area contributed by atoms with Crippen LogP contribution in [0.2, 0.25) is 0 Å². The Balaban J connectivity index is 1.46. The van der Waals surface area contributed by atoms with Gasteiger partial charge in [-0.3, -0.25) is 18.8 Å². The Morgan fingerprint density at radius 2 is 1.73 bits per heavy atom. The number of nitrogens with two attached hydrogens (primary N) is 1. The zero-order valence-corrected chi connectivity index (χ0v) is 25.0. The van der Waals surface area contributed by atoms with Gasteiger partial charge >= 0.3 is 0 Å². The summed E-state index contributed by atoms with van der Waals surface area (Å²) in [6, 6.07) is 15.7. The maximum atomic E-state index is 14.3. The lowest BCUT2D eigenvalue weighted by Crippen LogP contribution is -2.33. The van der Waals surface area contributed by atoms with E-state index >= 15 is 0 Å². The predicted octanol–water partition coefficient (Wildman–Crippen LogP) is 4.07. The zero-order valence-electron chi connectivity index (χ0n) is 25.0. The molecule has 0 spiro atoms. The fourth-order valence-corrected chi connectivity index (χ4v) is 5.06. The summed E-state index contributed by atoms with van der Waals surface area (Å²) >= 11 is 0. The molecular formula is C33H31N9O2. The minimum Gasteiger partial charge on any atom is -0.381 e. The number of aryl methyl sites for hydroxylation is 1. The van der Waals surface area contributed by atoms with E-state index in [1.807, 2.05) is 70.3 Å². The van der Waals surface area contributed by atoms with Gasteiger partial charge in [0, 0.05) is 24.5 Å². The number of nitrogens with one attached hydrogen (secondary N) is 1. The number of nitrogen functional groups attached to an aromatic ring is 1. The summed E-state index contributed by atoms with van der Waals surface area (Å²) in [7, 11) is 1.85. The molecule has 0 aliphatic carbocycles. The number of fused-ring (bicyclic) bond motifs is 2. The average molecular weight is 586 g/mol. The molecule has 1 amide bonds. The highest BCUT2D eigenvalue weighted by molar-refractivity contribution is 6.04. The number of para-hydroxylation sites is 1. The van der Waals surface area contributed by atoms with Crippen molar-refractivity contribution in [2.24, 2.45) is 7.05 Å². The monoisotopic (exact) mass is 585 g/mol. The first-order valence-corrected chi connectivity index (χ1v) is 14.2. The first-order valence-electron chi connectivity index (χ1n) is 14.2. The summed E-state index contributed by atoms with van der Waals surface area (Å²) in [5.41, 5.74) is 10.5. The van der Waals surface area contributed by atoms with E-state index in [9.17, 15) is 9.59 Å². The normalized spacial score (nSPS) is 12.0. The van der Waals surface area contributed by atoms with Crippen molar-refractivity contribution >= 4 is 28.3 Å². The number of amides is 1. The van der Waals surface area contributed by atoms with Crippen LogP contribution in [0.1, 0.15) is 71.4 Å². The summed E-state index contributed by atoms with van der Waals surface area (Å²) in [5.74, 6) is 6.38. The number of carbonyl (C=O) groups is 1. The van der Waals surface area contributed by atoms with Gasteiger partial charge < -0.3 is 11.1 Å². The minimum atomic E-state index is -0.699. The summed E-state index contributed by atoms with van der Waals surface area (Å²) in [6.45, 7) is 7.75. The van der Waals surface area contributed by atoms with Gasteiger partial charge in [-0.1, -0.05) is 50.0 Å². The molecule has 6 rings (SSSR count). The second kappa shape index (κ2) is 11.1. The molecule has 6 aromatic rings. The third-order valence-electron chi connectivity index (χ3n) is 7.59. The molecule has 4 heterocycles. The molecule has 11 nitrogen and oxygen atoms in total. The average Bonchev–Trinajstić information content (AvgIpc) is 3.52. The zero-order chi connectivity index (χ0) is 31.1. The van der Waals surface area contributed by atoms with Crippen molar-refractivity contribution in [3.63, 3.8) is 0 Å². The number of hydrogen-bond donors (Lipinski definition) is 2. The first kappa shape index (κ1) is 28.4. The molecule has 0 aliphatic heterocycles. The van der Waals surface area contributed by atoms with E-state index in [1.165, 1.54) is 9.08 Å². The SMILES string of the molecule is Cc1c(C#Cc2cccc3nc([C@@H](C)NC(=O)c4c(N)nn5ccc(C(C)C)nc45)n(-c4ccccc4)c(=O)c23)cnn1C. The van der Waals surface area contributed by atoms with Gasteiger partial charge in [0.05, 0.1) is 40.1 Å². The molecule has 11 heteroatoms. The van der Waals surface area contributed by atoms with Gasteiger partial charge in [-0.15, -0.1) is 5.10 Å². The number of aromatic nitrogens is 7. The summed E-state index contributed by atoms with van der Waals surface area (Å²) in [5, 5.41) is 11.9. The van der Waals surface area contributed by atoms with Crippen molar-refractivity contribution in [3.05, 3.63) is 111 Å². The summed E-state index contributed by atoms with van der Waals surface area (Å²) in [6.07, 6.45) is 3.44. The number of benzene rings is 2. The Morgan fingerprint density at radius 1 is 0.977 bits per heavy atom. The quantitative estimate of drug-likeness (QED) is 0.291. The molecule has 4 aromatic heterocycles. The predicted molar refractivity (Wildman–Crippen MR) is 169 cm³/mol. The van der Waals surface area contributed by atoms with Crippen LogP contribution >= 0.6 is 0 Å². The fraction of sp³-hybridized carbons (Fsp3) is 0.212. The van der Waals surface area contributed by atoms with Crippen molar-refractivity contribution in [2.75, 3.05) is 5.73 Å². The lowest BCUT2D eigenvalue weighted by Gasteiger charge is -2.20. The molecule has 3 N–H and O–H groups in total. The molecule has 0 saturated carbocycles. The molecule has 1 atom stereocenters. The largest absolute Gasteiger partial charge is 0.381 e. The van der Waals surface area contributed by atoms with Crippen LogP contribution in [0.15, 0.2) is 71.8 Å². The maximum Gasteiger partial charge on any atom is 0.267 e. The second-order valence-corrected chi connectivity index (χ2v) is 10.9. The third kappa shape index (κ3) is 4.96. The molecule has 2 aromatic carbocycles. The van der Waals surface area contributed by atoms with Crippen molar-refractivity contribution in [2.45, 2.75) is 39.7 Å². The highest BCUT2D eigenvalue weighted by atomic mass is 16.2. The van der Waals surface area contributed by atoms with Crippen molar-refractivity contribution in [1.82, 2.24) is 39.2 Å². The number of carbonyl (C=O) groups excluding carboxylic acids is 1. The molecule has 0 radical (unpaired) electrons. The molecule has 220 valence electrons. The molecule has 0 unspecified atom stereocenters. The number of nitrogens with zero attached hydrogens (tertiary/aromatic N) is 7. The Hall–Kier alpha value is -5.76. The van der Waals surface area contributed by atoms with Gasteiger partial charge in [-0.05, 0) is 50.1 Å². The molecule has 0 bridgehead atoms. The fourth-order valence-electron chi connectivity index (χ4n) is 5.06. The van der Waals surface area contributed by atoms with Gasteiger partial charge in [0.2, 0.25) is 0 Å². The Kier molecular flexibility index (Phi) is 7.19. The topological polar surface area (TPSA) is 138 Å². The molecular weight excluding hydrogens is 554 g/mol. The van der Waals surface area contributed by atoms with Crippen molar-refractivity contribution in [3.8, 4) is 17.5 Å². The van der Waals surface area contributed by atoms with Crippen LogP contribution in [-0.4, -0.2) is 39.8 Å². The number of hydrogen-bond acceptors (Lipinski definition) is 7. The van der Waals surface area contributed by atoms with Crippen LogP contribution in [0.4, 0.5) is 5.82 Å².